The van der Waals surface area contributed by atoms with Crippen LogP contribution in [0.25, 0.3) is 6.08 Å². The Labute approximate surface area is 91.6 Å². The van der Waals surface area contributed by atoms with E-state index in [-0.39, 0.29) is 5.57 Å². The van der Waals surface area contributed by atoms with E-state index in [9.17, 15) is 0 Å². The summed E-state index contributed by atoms with van der Waals surface area (Å²) in [5, 5.41) is 17.9. The highest BCUT2D eigenvalue weighted by molar-refractivity contribution is 6.42. The van der Waals surface area contributed by atoms with Crippen LogP contribution >= 0.6 is 23.2 Å². The number of benzene rings is 1. The lowest BCUT2D eigenvalue weighted by Gasteiger charge is -1.96. The molecule has 0 aliphatic rings. The lowest BCUT2D eigenvalue weighted by molar-refractivity contribution is 1.47. The number of hydrogen-bond acceptors (Lipinski definition) is 2. The quantitative estimate of drug-likeness (QED) is 0.684. The normalized spacial score (nSPS) is 8.57. The molecule has 0 saturated carbocycles. The molecule has 0 unspecified atom stereocenters. The van der Waals surface area contributed by atoms with Crippen molar-refractivity contribution in [3.63, 3.8) is 0 Å². The minimum atomic E-state index is 0.0309. The predicted molar refractivity (Wildman–Crippen MR) is 55.7 cm³/mol. The second-order valence-electron chi connectivity index (χ2n) is 2.46. The summed E-state index contributed by atoms with van der Waals surface area (Å²) in [7, 11) is 0. The third-order valence-electron chi connectivity index (χ3n) is 1.50. The topological polar surface area (TPSA) is 47.6 Å². The van der Waals surface area contributed by atoms with Crippen LogP contribution in [-0.2, 0) is 0 Å². The molecular formula is C10H4Cl2N2. The summed E-state index contributed by atoms with van der Waals surface area (Å²) < 4.78 is 0. The van der Waals surface area contributed by atoms with Crippen molar-refractivity contribution in [3.8, 4) is 12.1 Å². The summed E-state index contributed by atoms with van der Waals surface area (Å²) in [6, 6.07) is 8.41. The highest BCUT2D eigenvalue weighted by Gasteiger charge is 1.98. The van der Waals surface area contributed by atoms with E-state index >= 15 is 0 Å². The van der Waals surface area contributed by atoms with E-state index in [4.69, 9.17) is 33.7 Å². The zero-order valence-corrected chi connectivity index (χ0v) is 8.47. The average Bonchev–Trinajstić information content (AvgIpc) is 2.19. The Morgan fingerprint density at radius 3 is 2.29 bits per heavy atom. The molecule has 1 aromatic rings. The molecule has 1 aromatic carbocycles. The summed E-state index contributed by atoms with van der Waals surface area (Å²) in [5.74, 6) is 0. The Morgan fingerprint density at radius 1 is 1.14 bits per heavy atom. The van der Waals surface area contributed by atoms with E-state index in [0.29, 0.717) is 15.6 Å². The molecular weight excluding hydrogens is 219 g/mol. The SMILES string of the molecule is N#CC(C#N)=Cc1ccc(Cl)c(Cl)c1. The number of hydrogen-bond donors (Lipinski definition) is 0. The van der Waals surface area contributed by atoms with Gasteiger partial charge in [-0.1, -0.05) is 29.3 Å². The van der Waals surface area contributed by atoms with Crippen molar-refractivity contribution in [3.05, 3.63) is 39.4 Å². The molecule has 4 heteroatoms. The Bertz CT molecular complexity index is 448. The van der Waals surface area contributed by atoms with E-state index in [0.717, 1.165) is 0 Å². The maximum absolute atomic E-state index is 8.51. The fraction of sp³-hybridized carbons (Fsp3) is 0. The standard InChI is InChI=1S/C10H4Cl2N2/c11-9-2-1-7(4-10(9)12)3-8(5-13)6-14/h1-4H. The van der Waals surface area contributed by atoms with Crippen LogP contribution in [0.2, 0.25) is 10.0 Å². The first-order chi connectivity index (χ1) is 6.67. The molecule has 2 nitrogen and oxygen atoms in total. The van der Waals surface area contributed by atoms with Gasteiger partial charge in [0.15, 0.2) is 0 Å². The molecule has 0 N–H and O–H groups in total. The van der Waals surface area contributed by atoms with Crippen LogP contribution in [-0.4, -0.2) is 0 Å². The number of nitrogens with zero attached hydrogens (tertiary/aromatic N) is 2. The molecule has 0 aromatic heterocycles. The first-order valence-electron chi connectivity index (χ1n) is 3.64. The van der Waals surface area contributed by atoms with Crippen LogP contribution in [0.4, 0.5) is 0 Å². The van der Waals surface area contributed by atoms with E-state index in [1.807, 2.05) is 0 Å². The Balaban J connectivity index is 3.13. The molecule has 0 atom stereocenters. The summed E-state index contributed by atoms with van der Waals surface area (Å²) in [5.41, 5.74) is 0.709. The fourth-order valence-corrected chi connectivity index (χ4v) is 1.16. The number of rotatable bonds is 1. The highest BCUT2D eigenvalue weighted by Crippen LogP contribution is 2.23. The minimum Gasteiger partial charge on any atom is -0.192 e. The Kier molecular flexibility index (Phi) is 3.54. The first kappa shape index (κ1) is 10.6. The molecule has 0 aliphatic carbocycles. The van der Waals surface area contributed by atoms with Gasteiger partial charge in [-0.25, -0.2) is 0 Å². The third-order valence-corrected chi connectivity index (χ3v) is 2.23. The van der Waals surface area contributed by atoms with Gasteiger partial charge in [-0.05, 0) is 23.8 Å². The molecule has 0 saturated heterocycles. The van der Waals surface area contributed by atoms with Gasteiger partial charge in [0.25, 0.3) is 0 Å². The third kappa shape index (κ3) is 2.50. The smallest absolute Gasteiger partial charge is 0.130 e. The van der Waals surface area contributed by atoms with Crippen molar-refractivity contribution >= 4 is 29.3 Å². The van der Waals surface area contributed by atoms with Crippen LogP contribution in [0.15, 0.2) is 23.8 Å². The van der Waals surface area contributed by atoms with Crippen molar-refractivity contribution in [1.29, 1.82) is 10.5 Å². The molecule has 14 heavy (non-hydrogen) atoms. The van der Waals surface area contributed by atoms with Gasteiger partial charge in [0.05, 0.1) is 10.0 Å². The average molecular weight is 223 g/mol. The maximum Gasteiger partial charge on any atom is 0.130 e. The molecule has 0 bridgehead atoms. The Morgan fingerprint density at radius 2 is 1.79 bits per heavy atom. The predicted octanol–water partition coefficient (Wildman–Crippen LogP) is 3.42. The van der Waals surface area contributed by atoms with Crippen molar-refractivity contribution in [2.45, 2.75) is 0 Å². The monoisotopic (exact) mass is 222 g/mol. The maximum atomic E-state index is 8.51. The van der Waals surface area contributed by atoms with Crippen LogP contribution in [0, 0.1) is 22.7 Å². The fourth-order valence-electron chi connectivity index (χ4n) is 0.858. The number of nitriles is 2. The van der Waals surface area contributed by atoms with Crippen molar-refractivity contribution in [2.24, 2.45) is 0 Å². The number of halogens is 2. The highest BCUT2D eigenvalue weighted by atomic mass is 35.5. The second-order valence-corrected chi connectivity index (χ2v) is 3.27. The minimum absolute atomic E-state index is 0.0309. The first-order valence-corrected chi connectivity index (χ1v) is 4.40. The lowest BCUT2D eigenvalue weighted by atomic mass is 10.1. The lowest BCUT2D eigenvalue weighted by Crippen LogP contribution is -1.77. The van der Waals surface area contributed by atoms with Crippen LogP contribution in [0.1, 0.15) is 5.56 Å². The number of allylic oxidation sites excluding steroid dienone is 1. The molecule has 68 valence electrons. The summed E-state index contributed by atoms with van der Waals surface area (Å²) >= 11 is 11.5. The zero-order valence-electron chi connectivity index (χ0n) is 6.96. The Hall–Kier alpha value is -1.48. The van der Waals surface area contributed by atoms with Gasteiger partial charge in [-0.15, -0.1) is 0 Å². The van der Waals surface area contributed by atoms with Crippen molar-refractivity contribution in [1.82, 2.24) is 0 Å². The van der Waals surface area contributed by atoms with Gasteiger partial charge in [-0.3, -0.25) is 0 Å². The van der Waals surface area contributed by atoms with Gasteiger partial charge >= 0.3 is 0 Å². The van der Waals surface area contributed by atoms with E-state index in [1.54, 1.807) is 30.3 Å². The molecule has 0 radical (unpaired) electrons. The van der Waals surface area contributed by atoms with E-state index < -0.39 is 0 Å². The summed E-state index contributed by atoms with van der Waals surface area (Å²) in [4.78, 5) is 0. The van der Waals surface area contributed by atoms with Gasteiger partial charge in [0.1, 0.15) is 17.7 Å². The molecule has 0 heterocycles. The van der Waals surface area contributed by atoms with Crippen LogP contribution in [0.5, 0.6) is 0 Å². The van der Waals surface area contributed by atoms with Gasteiger partial charge in [0, 0.05) is 0 Å². The van der Waals surface area contributed by atoms with E-state index in [1.165, 1.54) is 6.08 Å². The molecule has 0 aliphatic heterocycles. The molecule has 0 spiro atoms. The summed E-state index contributed by atoms with van der Waals surface area (Å²) in [6.45, 7) is 0. The summed E-state index contributed by atoms with van der Waals surface area (Å²) in [6.07, 6.45) is 1.45. The van der Waals surface area contributed by atoms with E-state index in [2.05, 4.69) is 0 Å². The second kappa shape index (κ2) is 4.67. The van der Waals surface area contributed by atoms with Gasteiger partial charge in [0.2, 0.25) is 0 Å². The van der Waals surface area contributed by atoms with Gasteiger partial charge < -0.3 is 0 Å². The van der Waals surface area contributed by atoms with Crippen LogP contribution < -0.4 is 0 Å². The van der Waals surface area contributed by atoms with Crippen molar-refractivity contribution < 1.29 is 0 Å². The molecule has 0 amide bonds. The largest absolute Gasteiger partial charge is 0.192 e. The van der Waals surface area contributed by atoms with Crippen molar-refractivity contribution in [2.75, 3.05) is 0 Å². The van der Waals surface area contributed by atoms with Crippen LogP contribution in [0.3, 0.4) is 0 Å². The van der Waals surface area contributed by atoms with Gasteiger partial charge in [-0.2, -0.15) is 10.5 Å². The molecule has 0 fully saturated rings. The zero-order chi connectivity index (χ0) is 10.6. The molecule has 1 rings (SSSR count).